The molecule has 2 fully saturated rings. The average molecular weight is 314 g/mol. The Kier molecular flexibility index (Phi) is 6.48. The normalized spacial score (nSPS) is 25.7. The molecule has 0 spiro atoms. The Morgan fingerprint density at radius 1 is 1.29 bits per heavy atom. The first-order chi connectivity index (χ1) is 9.86. The summed E-state index contributed by atoms with van der Waals surface area (Å²) in [6.07, 6.45) is 6.47. The third-order valence-corrected chi connectivity index (χ3v) is 4.79. The van der Waals surface area contributed by atoms with Gasteiger partial charge in [0.25, 0.3) is 0 Å². The summed E-state index contributed by atoms with van der Waals surface area (Å²) in [4.78, 5) is 13.0. The molecule has 6 heteroatoms. The van der Waals surface area contributed by atoms with E-state index < -0.39 is 0 Å². The molecule has 2 aliphatic rings. The van der Waals surface area contributed by atoms with Crippen LogP contribution in [0.5, 0.6) is 0 Å². The van der Waals surface area contributed by atoms with E-state index in [0.29, 0.717) is 6.04 Å². The van der Waals surface area contributed by atoms with Crippen molar-refractivity contribution < 1.29 is 0 Å². The highest BCUT2D eigenvalue weighted by atomic mass is 35.5. The molecular formula is C15H28ClN5. The topological polar surface area (TPSA) is 47.2 Å². The summed E-state index contributed by atoms with van der Waals surface area (Å²) in [5.41, 5.74) is 0. The number of piperazine rings is 1. The molecule has 5 nitrogen and oxygen atoms in total. The molecule has 1 aromatic rings. The first kappa shape index (κ1) is 16.7. The predicted molar refractivity (Wildman–Crippen MR) is 87.9 cm³/mol. The predicted octanol–water partition coefficient (Wildman–Crippen LogP) is 1.51. The van der Waals surface area contributed by atoms with Gasteiger partial charge in [-0.05, 0) is 38.4 Å². The highest BCUT2D eigenvalue weighted by Crippen LogP contribution is 2.24. The van der Waals surface area contributed by atoms with E-state index in [-0.39, 0.29) is 12.4 Å². The average Bonchev–Trinajstić information content (AvgIpc) is 3.02. The highest BCUT2D eigenvalue weighted by Gasteiger charge is 2.30. The number of aromatic nitrogens is 2. The fraction of sp³-hybridized carbons (Fsp3) is 0.800. The third-order valence-electron chi connectivity index (χ3n) is 4.79. The summed E-state index contributed by atoms with van der Waals surface area (Å²) in [6.45, 7) is 10.5. The Labute approximate surface area is 133 Å². The Hall–Kier alpha value is -0.620. The van der Waals surface area contributed by atoms with E-state index in [1.807, 2.05) is 12.4 Å². The van der Waals surface area contributed by atoms with E-state index in [0.717, 1.165) is 31.4 Å². The largest absolute Gasteiger partial charge is 0.347 e. The molecule has 0 radical (unpaired) electrons. The maximum Gasteiger partial charge on any atom is 0.124 e. The molecule has 0 saturated carbocycles. The van der Waals surface area contributed by atoms with Crippen LogP contribution in [0.1, 0.15) is 31.6 Å². The van der Waals surface area contributed by atoms with Gasteiger partial charge in [0.2, 0.25) is 0 Å². The monoisotopic (exact) mass is 313 g/mol. The molecule has 0 aromatic carbocycles. The van der Waals surface area contributed by atoms with E-state index in [9.17, 15) is 0 Å². The van der Waals surface area contributed by atoms with Crippen molar-refractivity contribution in [2.45, 2.75) is 25.8 Å². The lowest BCUT2D eigenvalue weighted by Gasteiger charge is -2.41. The Morgan fingerprint density at radius 3 is 2.76 bits per heavy atom. The molecule has 120 valence electrons. The number of halogens is 1. The summed E-state index contributed by atoms with van der Waals surface area (Å²) in [6, 6.07) is 0.436. The van der Waals surface area contributed by atoms with Gasteiger partial charge in [0, 0.05) is 38.6 Å². The summed E-state index contributed by atoms with van der Waals surface area (Å²) in [5, 5.41) is 3.46. The minimum Gasteiger partial charge on any atom is -0.347 e. The molecule has 0 amide bonds. The molecule has 2 aliphatic heterocycles. The fourth-order valence-electron chi connectivity index (χ4n) is 3.57. The summed E-state index contributed by atoms with van der Waals surface area (Å²) in [7, 11) is 0. The van der Waals surface area contributed by atoms with Gasteiger partial charge in [0.1, 0.15) is 5.82 Å². The van der Waals surface area contributed by atoms with Crippen LogP contribution in [0.2, 0.25) is 0 Å². The van der Waals surface area contributed by atoms with E-state index in [1.165, 1.54) is 39.0 Å². The van der Waals surface area contributed by atoms with Gasteiger partial charge in [0.05, 0.1) is 6.04 Å². The molecule has 0 aliphatic carbocycles. The molecule has 1 unspecified atom stereocenters. The summed E-state index contributed by atoms with van der Waals surface area (Å²) < 4.78 is 0. The molecule has 21 heavy (non-hydrogen) atoms. The Bertz CT molecular complexity index is 391. The van der Waals surface area contributed by atoms with Crippen LogP contribution in [0.3, 0.4) is 0 Å². The van der Waals surface area contributed by atoms with Crippen molar-refractivity contribution >= 4 is 12.4 Å². The number of nitrogens with zero attached hydrogens (tertiary/aromatic N) is 3. The lowest BCUT2D eigenvalue weighted by Crippen LogP contribution is -2.50. The molecule has 1 atom stereocenters. The van der Waals surface area contributed by atoms with E-state index in [2.05, 4.69) is 32.0 Å². The second-order valence-electron chi connectivity index (χ2n) is 6.07. The molecule has 0 bridgehead atoms. The van der Waals surface area contributed by atoms with Crippen LogP contribution in [-0.4, -0.2) is 65.6 Å². The molecule has 2 saturated heterocycles. The number of piperidine rings is 1. The van der Waals surface area contributed by atoms with Crippen LogP contribution in [0.15, 0.2) is 12.4 Å². The number of imidazole rings is 1. The van der Waals surface area contributed by atoms with E-state index in [1.54, 1.807) is 0 Å². The van der Waals surface area contributed by atoms with Crippen LogP contribution in [0, 0.1) is 5.92 Å². The molecule has 1 aromatic heterocycles. The highest BCUT2D eigenvalue weighted by molar-refractivity contribution is 5.85. The maximum absolute atomic E-state index is 4.49. The summed E-state index contributed by atoms with van der Waals surface area (Å²) >= 11 is 0. The number of H-pyrrole nitrogens is 1. The van der Waals surface area contributed by atoms with E-state index in [4.69, 9.17) is 0 Å². The number of hydrogen-bond donors (Lipinski definition) is 2. The van der Waals surface area contributed by atoms with Crippen molar-refractivity contribution in [1.29, 1.82) is 0 Å². The third kappa shape index (κ3) is 4.19. The van der Waals surface area contributed by atoms with Crippen molar-refractivity contribution in [2.24, 2.45) is 5.92 Å². The first-order valence-corrected chi connectivity index (χ1v) is 8.03. The standard InChI is InChI=1S/C15H27N5.ClH/c1-2-20-10-9-19(11-13-3-5-16-6-4-13)12-14(20)15-17-7-8-18-15;/h7-8,13-14,16H,2-6,9-12H2,1H3,(H,17,18);1H. The number of nitrogens with one attached hydrogen (secondary N) is 2. The van der Waals surface area contributed by atoms with Crippen LogP contribution in [0.4, 0.5) is 0 Å². The van der Waals surface area contributed by atoms with Gasteiger partial charge in [-0.1, -0.05) is 6.92 Å². The van der Waals surface area contributed by atoms with Crippen molar-refractivity contribution in [3.8, 4) is 0 Å². The van der Waals surface area contributed by atoms with Crippen LogP contribution < -0.4 is 5.32 Å². The fourth-order valence-corrected chi connectivity index (χ4v) is 3.57. The summed E-state index contributed by atoms with van der Waals surface area (Å²) in [5.74, 6) is 2.00. The van der Waals surface area contributed by atoms with E-state index >= 15 is 0 Å². The SMILES string of the molecule is CCN1CCN(CC2CCNCC2)CC1c1ncc[nH]1.Cl. The van der Waals surface area contributed by atoms with Crippen LogP contribution in [0.25, 0.3) is 0 Å². The second-order valence-corrected chi connectivity index (χ2v) is 6.07. The molecular weight excluding hydrogens is 286 g/mol. The molecule has 3 heterocycles. The number of rotatable bonds is 4. The van der Waals surface area contributed by atoms with Crippen LogP contribution >= 0.6 is 12.4 Å². The van der Waals surface area contributed by atoms with Gasteiger partial charge in [-0.15, -0.1) is 12.4 Å². The van der Waals surface area contributed by atoms with Crippen LogP contribution in [-0.2, 0) is 0 Å². The lowest BCUT2D eigenvalue weighted by atomic mass is 9.97. The van der Waals surface area contributed by atoms with Gasteiger partial charge >= 0.3 is 0 Å². The molecule has 3 rings (SSSR count). The zero-order valence-corrected chi connectivity index (χ0v) is 13.7. The first-order valence-electron chi connectivity index (χ1n) is 8.03. The lowest BCUT2D eigenvalue weighted by molar-refractivity contribution is 0.0607. The Morgan fingerprint density at radius 2 is 2.10 bits per heavy atom. The van der Waals surface area contributed by atoms with Gasteiger partial charge in [0.15, 0.2) is 0 Å². The minimum atomic E-state index is 0. The van der Waals surface area contributed by atoms with Crippen molar-refractivity contribution in [3.63, 3.8) is 0 Å². The zero-order valence-electron chi connectivity index (χ0n) is 12.9. The minimum absolute atomic E-state index is 0. The number of aromatic amines is 1. The Balaban J connectivity index is 0.00000161. The quantitative estimate of drug-likeness (QED) is 0.884. The van der Waals surface area contributed by atoms with Gasteiger partial charge in [-0.3, -0.25) is 9.80 Å². The van der Waals surface area contributed by atoms with Crippen molar-refractivity contribution in [1.82, 2.24) is 25.1 Å². The number of likely N-dealkylation sites (N-methyl/N-ethyl adjacent to an activating group) is 1. The van der Waals surface area contributed by atoms with Crippen molar-refractivity contribution in [2.75, 3.05) is 45.8 Å². The van der Waals surface area contributed by atoms with Gasteiger partial charge < -0.3 is 10.3 Å². The zero-order chi connectivity index (χ0) is 13.8. The maximum atomic E-state index is 4.49. The second kappa shape index (κ2) is 8.13. The number of hydrogen-bond acceptors (Lipinski definition) is 4. The smallest absolute Gasteiger partial charge is 0.124 e. The van der Waals surface area contributed by atoms with Gasteiger partial charge in [-0.25, -0.2) is 4.98 Å². The molecule has 2 N–H and O–H groups in total. The van der Waals surface area contributed by atoms with Gasteiger partial charge in [-0.2, -0.15) is 0 Å². The van der Waals surface area contributed by atoms with Crippen molar-refractivity contribution in [3.05, 3.63) is 18.2 Å².